The number of carbonyl (C=O) groups excluding carboxylic acids is 1. The molecular weight excluding hydrogens is 428 g/mol. The number of hydrogen-bond donors (Lipinski definition) is 1. The molecule has 0 fully saturated rings. The number of nitrogens with zero attached hydrogens (tertiary/aromatic N) is 7. The molecule has 0 amide bonds. The molecule has 9 nitrogen and oxygen atoms in total. The number of pyridine rings is 1. The van der Waals surface area contributed by atoms with Gasteiger partial charge in [0.25, 0.3) is 0 Å². The van der Waals surface area contributed by atoms with Crippen LogP contribution in [0.25, 0.3) is 22.6 Å². The van der Waals surface area contributed by atoms with Crippen molar-refractivity contribution >= 4 is 5.78 Å². The molecule has 3 heterocycles. The summed E-state index contributed by atoms with van der Waals surface area (Å²) in [6.45, 7) is 2.55. The van der Waals surface area contributed by atoms with Crippen LogP contribution in [0.4, 0.5) is 0 Å². The van der Waals surface area contributed by atoms with Crippen molar-refractivity contribution in [2.45, 2.75) is 26.3 Å². The summed E-state index contributed by atoms with van der Waals surface area (Å²) < 4.78 is 1.80. The third-order valence-electron chi connectivity index (χ3n) is 5.41. The number of nitrogens with one attached hydrogen (secondary N) is 1. The number of aryl methyl sites for hydroxylation is 1. The average Bonchev–Trinajstić information content (AvgIpc) is 3.56. The number of rotatable bonds is 8. The Bertz CT molecular complexity index is 1390. The van der Waals surface area contributed by atoms with Gasteiger partial charge in [-0.3, -0.25) is 9.78 Å². The Morgan fingerprint density at radius 1 is 0.971 bits per heavy atom. The van der Waals surface area contributed by atoms with E-state index in [2.05, 4.69) is 42.6 Å². The van der Waals surface area contributed by atoms with Gasteiger partial charge in [-0.25, -0.2) is 9.67 Å². The number of hydrogen-bond acceptors (Lipinski definition) is 7. The lowest BCUT2D eigenvalue weighted by Crippen LogP contribution is -2.08. The third-order valence-corrected chi connectivity index (χ3v) is 5.41. The van der Waals surface area contributed by atoms with Crippen molar-refractivity contribution in [1.29, 1.82) is 0 Å². The molecule has 0 unspecified atom stereocenters. The number of benzene rings is 2. The summed E-state index contributed by atoms with van der Waals surface area (Å²) in [5.41, 5.74) is 4.10. The highest BCUT2D eigenvalue weighted by Crippen LogP contribution is 2.28. The van der Waals surface area contributed by atoms with Crippen LogP contribution in [0, 0.1) is 0 Å². The van der Waals surface area contributed by atoms with Crippen LogP contribution in [-0.4, -0.2) is 46.2 Å². The normalized spacial score (nSPS) is 11.0. The number of ketones is 1. The van der Waals surface area contributed by atoms with Gasteiger partial charge in [0.1, 0.15) is 5.82 Å². The lowest BCUT2D eigenvalue weighted by atomic mass is 10.0. The molecule has 0 aliphatic heterocycles. The second-order valence-electron chi connectivity index (χ2n) is 7.79. The molecule has 0 bridgehead atoms. The van der Waals surface area contributed by atoms with Crippen molar-refractivity contribution in [3.63, 3.8) is 0 Å². The fourth-order valence-electron chi connectivity index (χ4n) is 3.75. The highest BCUT2D eigenvalue weighted by Gasteiger charge is 2.18. The predicted molar refractivity (Wildman–Crippen MR) is 126 cm³/mol. The molecule has 9 heteroatoms. The fourth-order valence-corrected chi connectivity index (χ4v) is 3.75. The number of aromatic amines is 1. The molecule has 34 heavy (non-hydrogen) atoms. The van der Waals surface area contributed by atoms with Crippen LogP contribution in [0.3, 0.4) is 0 Å². The van der Waals surface area contributed by atoms with Crippen LogP contribution in [0.15, 0.2) is 72.9 Å². The van der Waals surface area contributed by atoms with Crippen molar-refractivity contribution in [3.05, 3.63) is 95.7 Å². The van der Waals surface area contributed by atoms with Gasteiger partial charge in [0.15, 0.2) is 0 Å². The van der Waals surface area contributed by atoms with Crippen molar-refractivity contribution in [2.24, 2.45) is 0 Å². The van der Waals surface area contributed by atoms with Crippen LogP contribution in [0.5, 0.6) is 0 Å². The highest BCUT2D eigenvalue weighted by molar-refractivity contribution is 6.06. The Morgan fingerprint density at radius 2 is 1.76 bits per heavy atom. The molecule has 1 N–H and O–H groups in total. The summed E-state index contributed by atoms with van der Waals surface area (Å²) in [4.78, 5) is 22.0. The summed E-state index contributed by atoms with van der Waals surface area (Å²) in [6, 6.07) is 20.9. The van der Waals surface area contributed by atoms with E-state index < -0.39 is 0 Å². The number of carbonyl (C=O) groups is 1. The first-order valence-corrected chi connectivity index (χ1v) is 11.0. The Labute approximate surface area is 195 Å². The second kappa shape index (κ2) is 9.53. The molecule has 5 aromatic rings. The minimum atomic E-state index is -0.178. The molecule has 0 atom stereocenters. The van der Waals surface area contributed by atoms with Crippen LogP contribution in [0.2, 0.25) is 0 Å². The van der Waals surface area contributed by atoms with Crippen LogP contribution < -0.4 is 0 Å². The molecule has 0 aliphatic carbocycles. The van der Waals surface area contributed by atoms with Gasteiger partial charge in [-0.15, -0.1) is 15.3 Å². The van der Waals surface area contributed by atoms with E-state index in [4.69, 9.17) is 0 Å². The van der Waals surface area contributed by atoms with Gasteiger partial charge >= 0.3 is 0 Å². The molecule has 168 valence electrons. The van der Waals surface area contributed by atoms with E-state index in [1.165, 1.54) is 0 Å². The first-order chi connectivity index (χ1) is 16.7. The average molecular weight is 451 g/mol. The molecule has 2 aromatic carbocycles. The first kappa shape index (κ1) is 21.3. The molecule has 0 radical (unpaired) electrons. The molecule has 0 saturated heterocycles. The molecule has 0 spiro atoms. The minimum Gasteiger partial charge on any atom is -0.285 e. The van der Waals surface area contributed by atoms with Gasteiger partial charge in [-0.1, -0.05) is 67.6 Å². The molecular formula is C25H22N8O. The third kappa shape index (κ3) is 4.36. The zero-order valence-electron chi connectivity index (χ0n) is 18.6. The summed E-state index contributed by atoms with van der Waals surface area (Å²) in [7, 11) is 0. The van der Waals surface area contributed by atoms with E-state index >= 15 is 0 Å². The van der Waals surface area contributed by atoms with Crippen molar-refractivity contribution in [3.8, 4) is 22.6 Å². The van der Waals surface area contributed by atoms with E-state index in [0.717, 1.165) is 41.1 Å². The van der Waals surface area contributed by atoms with Gasteiger partial charge in [-0.2, -0.15) is 5.21 Å². The number of aromatic nitrogens is 8. The lowest BCUT2D eigenvalue weighted by molar-refractivity contribution is 0.102. The van der Waals surface area contributed by atoms with Crippen molar-refractivity contribution < 1.29 is 4.79 Å². The maximum atomic E-state index is 12.8. The van der Waals surface area contributed by atoms with E-state index in [-0.39, 0.29) is 11.6 Å². The summed E-state index contributed by atoms with van der Waals surface area (Å²) in [5, 5.41) is 18.9. The Hall–Kier alpha value is -4.53. The SMILES string of the molecule is CCCc1nc(C(=O)c2ccccc2)nn1Cc1ccc(-c2ccccc2-c2nn[nH]n2)nc1. The van der Waals surface area contributed by atoms with Crippen molar-refractivity contribution in [1.82, 2.24) is 40.4 Å². The maximum Gasteiger partial charge on any atom is 0.232 e. The summed E-state index contributed by atoms with van der Waals surface area (Å²) in [5.74, 6) is 1.34. The van der Waals surface area contributed by atoms with E-state index in [9.17, 15) is 4.79 Å². The standard InChI is InChI=1S/C25H22N8O/c1-2-8-22-27-25(23(34)18-9-4-3-5-10-18)30-33(22)16-17-13-14-21(26-15-17)19-11-6-7-12-20(19)24-28-31-32-29-24/h3-7,9-15H,2,8,16H2,1H3,(H,28,29,31,32). The Morgan fingerprint density at radius 3 is 2.47 bits per heavy atom. The largest absolute Gasteiger partial charge is 0.285 e. The predicted octanol–water partition coefficient (Wildman–Crippen LogP) is 3.75. The fraction of sp³-hybridized carbons (Fsp3) is 0.160. The monoisotopic (exact) mass is 450 g/mol. The van der Waals surface area contributed by atoms with Crippen LogP contribution in [0.1, 0.15) is 40.9 Å². The van der Waals surface area contributed by atoms with Gasteiger partial charge in [0.2, 0.25) is 17.4 Å². The van der Waals surface area contributed by atoms with Gasteiger partial charge in [0.05, 0.1) is 12.2 Å². The molecule has 0 aliphatic rings. The maximum absolute atomic E-state index is 12.8. The molecule has 0 saturated carbocycles. The summed E-state index contributed by atoms with van der Waals surface area (Å²) >= 11 is 0. The smallest absolute Gasteiger partial charge is 0.232 e. The number of H-pyrrole nitrogens is 1. The Kier molecular flexibility index (Phi) is 5.98. The van der Waals surface area contributed by atoms with E-state index in [1.54, 1.807) is 16.8 Å². The van der Waals surface area contributed by atoms with Gasteiger partial charge < -0.3 is 0 Å². The number of tetrazole rings is 1. The Balaban J connectivity index is 1.41. The summed E-state index contributed by atoms with van der Waals surface area (Å²) in [6.07, 6.45) is 3.46. The second-order valence-corrected chi connectivity index (χ2v) is 7.79. The first-order valence-electron chi connectivity index (χ1n) is 11.0. The van der Waals surface area contributed by atoms with E-state index in [0.29, 0.717) is 17.9 Å². The van der Waals surface area contributed by atoms with Crippen molar-refractivity contribution in [2.75, 3.05) is 0 Å². The minimum absolute atomic E-state index is 0.178. The zero-order valence-corrected chi connectivity index (χ0v) is 18.6. The van der Waals surface area contributed by atoms with Gasteiger partial charge in [0, 0.05) is 29.3 Å². The van der Waals surface area contributed by atoms with Gasteiger partial charge in [-0.05, 0) is 23.3 Å². The van der Waals surface area contributed by atoms with E-state index in [1.807, 2.05) is 60.8 Å². The quantitative estimate of drug-likeness (QED) is 0.358. The van der Waals surface area contributed by atoms with Crippen LogP contribution >= 0.6 is 0 Å². The highest BCUT2D eigenvalue weighted by atomic mass is 16.1. The lowest BCUT2D eigenvalue weighted by Gasteiger charge is -2.08. The molecule has 3 aromatic heterocycles. The molecule has 5 rings (SSSR count). The van der Waals surface area contributed by atoms with Crippen LogP contribution in [-0.2, 0) is 13.0 Å². The zero-order chi connectivity index (χ0) is 23.3. The topological polar surface area (TPSA) is 115 Å².